The van der Waals surface area contributed by atoms with E-state index in [1.165, 1.54) is 0 Å². The predicted molar refractivity (Wildman–Crippen MR) is 94.8 cm³/mol. The topological polar surface area (TPSA) is 57.6 Å². The molecule has 0 saturated carbocycles. The molecule has 1 aliphatic heterocycles. The summed E-state index contributed by atoms with van der Waals surface area (Å²) in [4.78, 5) is 26.2. The second-order valence-corrected chi connectivity index (χ2v) is 7.00. The molecule has 1 heterocycles. The number of aliphatic carboxylic acids is 1. The molecule has 2 aromatic rings. The molecular formula is C19H18BrNO3. The van der Waals surface area contributed by atoms with E-state index in [-0.39, 0.29) is 18.4 Å². The zero-order valence-electron chi connectivity index (χ0n) is 13.3. The number of carbonyl (C=O) groups excluding carboxylic acids is 1. The predicted octanol–water partition coefficient (Wildman–Crippen LogP) is 3.76. The fourth-order valence-electron chi connectivity index (χ4n) is 3.15. The van der Waals surface area contributed by atoms with Gasteiger partial charge in [0.1, 0.15) is 0 Å². The second-order valence-electron chi connectivity index (χ2n) is 6.08. The number of hydrogen-bond acceptors (Lipinski definition) is 2. The van der Waals surface area contributed by atoms with Crippen LogP contribution in [-0.2, 0) is 16.1 Å². The second kappa shape index (κ2) is 6.77. The van der Waals surface area contributed by atoms with Crippen LogP contribution in [-0.4, -0.2) is 28.4 Å². The molecule has 124 valence electrons. The molecule has 2 atom stereocenters. The Morgan fingerprint density at radius 1 is 1.17 bits per heavy atom. The molecule has 0 radical (unpaired) electrons. The Morgan fingerprint density at radius 2 is 1.83 bits per heavy atom. The Hall–Kier alpha value is -2.14. The molecule has 1 amide bonds. The smallest absolute Gasteiger partial charge is 0.312 e. The summed E-state index contributed by atoms with van der Waals surface area (Å²) in [7, 11) is 0. The van der Waals surface area contributed by atoms with Crippen LogP contribution in [0.3, 0.4) is 0 Å². The van der Waals surface area contributed by atoms with Gasteiger partial charge in [0, 0.05) is 17.6 Å². The van der Waals surface area contributed by atoms with E-state index in [9.17, 15) is 14.7 Å². The number of hydrogen-bond donors (Lipinski definition) is 1. The van der Waals surface area contributed by atoms with E-state index in [1.807, 2.05) is 55.5 Å². The van der Waals surface area contributed by atoms with Gasteiger partial charge in [0.25, 0.3) is 0 Å². The quantitative estimate of drug-likeness (QED) is 0.871. The van der Waals surface area contributed by atoms with E-state index in [0.717, 1.165) is 21.2 Å². The van der Waals surface area contributed by atoms with Gasteiger partial charge in [-0.05, 0) is 35.7 Å². The van der Waals surface area contributed by atoms with Crippen LogP contribution in [0.15, 0.2) is 53.0 Å². The number of benzene rings is 2. The maximum Gasteiger partial charge on any atom is 0.312 e. The maximum atomic E-state index is 12.9. The Balaban J connectivity index is 1.86. The van der Waals surface area contributed by atoms with Crippen LogP contribution in [0.4, 0.5) is 0 Å². The number of nitrogens with zero attached hydrogens (tertiary/aromatic N) is 1. The SMILES string of the molecule is CC(C(=O)N1Cc2ccccc2C(C(=O)O)C1)c1ccc(Br)cc1. The fourth-order valence-corrected chi connectivity index (χ4v) is 3.42. The van der Waals surface area contributed by atoms with Gasteiger partial charge in [-0.3, -0.25) is 9.59 Å². The van der Waals surface area contributed by atoms with E-state index < -0.39 is 11.9 Å². The van der Waals surface area contributed by atoms with Crippen molar-refractivity contribution in [1.82, 2.24) is 4.90 Å². The number of amides is 1. The highest BCUT2D eigenvalue weighted by Gasteiger charge is 2.34. The summed E-state index contributed by atoms with van der Waals surface area (Å²) in [6, 6.07) is 15.1. The van der Waals surface area contributed by atoms with Crippen LogP contribution in [0.5, 0.6) is 0 Å². The van der Waals surface area contributed by atoms with Crippen molar-refractivity contribution in [3.05, 3.63) is 69.7 Å². The van der Waals surface area contributed by atoms with Gasteiger partial charge in [-0.25, -0.2) is 0 Å². The minimum absolute atomic E-state index is 0.0434. The van der Waals surface area contributed by atoms with Crippen molar-refractivity contribution in [2.75, 3.05) is 6.54 Å². The monoisotopic (exact) mass is 387 g/mol. The number of carboxylic acids is 1. The lowest BCUT2D eigenvalue weighted by molar-refractivity contribution is -0.141. The first kappa shape index (κ1) is 16.7. The summed E-state index contributed by atoms with van der Waals surface area (Å²) in [5, 5.41) is 9.53. The largest absolute Gasteiger partial charge is 0.481 e. The van der Waals surface area contributed by atoms with Crippen molar-refractivity contribution in [2.45, 2.75) is 25.3 Å². The van der Waals surface area contributed by atoms with Crippen LogP contribution < -0.4 is 0 Å². The van der Waals surface area contributed by atoms with E-state index in [0.29, 0.717) is 6.54 Å². The van der Waals surface area contributed by atoms with E-state index in [4.69, 9.17) is 0 Å². The van der Waals surface area contributed by atoms with Crippen LogP contribution in [0.1, 0.15) is 35.4 Å². The molecule has 24 heavy (non-hydrogen) atoms. The third-order valence-corrected chi connectivity index (χ3v) is 5.07. The Bertz CT molecular complexity index is 772. The molecule has 2 aromatic carbocycles. The van der Waals surface area contributed by atoms with E-state index >= 15 is 0 Å². The van der Waals surface area contributed by atoms with Gasteiger partial charge in [0.05, 0.1) is 11.8 Å². The summed E-state index contributed by atoms with van der Waals surface area (Å²) >= 11 is 3.39. The summed E-state index contributed by atoms with van der Waals surface area (Å²) in [5.41, 5.74) is 2.65. The highest BCUT2D eigenvalue weighted by molar-refractivity contribution is 9.10. The Kier molecular flexibility index (Phi) is 4.71. The summed E-state index contributed by atoms with van der Waals surface area (Å²) in [5.74, 6) is -1.91. The number of carbonyl (C=O) groups is 2. The number of halogens is 1. The van der Waals surface area contributed by atoms with Gasteiger partial charge in [-0.2, -0.15) is 0 Å². The van der Waals surface area contributed by atoms with Crippen LogP contribution in [0, 0.1) is 0 Å². The minimum atomic E-state index is -0.892. The minimum Gasteiger partial charge on any atom is -0.481 e. The number of rotatable bonds is 3. The highest BCUT2D eigenvalue weighted by Crippen LogP contribution is 2.31. The standard InChI is InChI=1S/C19H18BrNO3/c1-12(13-6-8-15(20)9-7-13)18(22)21-10-14-4-2-3-5-16(14)17(11-21)19(23)24/h2-9,12,17H,10-11H2,1H3,(H,23,24). The molecule has 0 saturated heterocycles. The van der Waals surface area contributed by atoms with Crippen LogP contribution >= 0.6 is 15.9 Å². The molecule has 1 N–H and O–H groups in total. The van der Waals surface area contributed by atoms with E-state index in [2.05, 4.69) is 15.9 Å². The first-order valence-corrected chi connectivity index (χ1v) is 8.61. The van der Waals surface area contributed by atoms with Gasteiger partial charge in [0.15, 0.2) is 0 Å². The number of carboxylic acid groups (broad SMARTS) is 1. The lowest BCUT2D eigenvalue weighted by Crippen LogP contribution is -2.42. The highest BCUT2D eigenvalue weighted by atomic mass is 79.9. The average molecular weight is 388 g/mol. The van der Waals surface area contributed by atoms with Crippen molar-refractivity contribution in [3.63, 3.8) is 0 Å². The molecule has 0 bridgehead atoms. The van der Waals surface area contributed by atoms with Gasteiger partial charge in [0.2, 0.25) is 5.91 Å². The summed E-state index contributed by atoms with van der Waals surface area (Å²) in [6.45, 7) is 2.54. The fraction of sp³-hybridized carbons (Fsp3) is 0.263. The summed E-state index contributed by atoms with van der Waals surface area (Å²) < 4.78 is 0.962. The average Bonchev–Trinajstić information content (AvgIpc) is 2.60. The first-order valence-electron chi connectivity index (χ1n) is 7.82. The van der Waals surface area contributed by atoms with Crippen molar-refractivity contribution >= 4 is 27.8 Å². The first-order chi connectivity index (χ1) is 11.5. The molecule has 0 spiro atoms. The van der Waals surface area contributed by atoms with Crippen LogP contribution in [0.2, 0.25) is 0 Å². The lowest BCUT2D eigenvalue weighted by atomic mass is 9.88. The Labute approximate surface area is 149 Å². The van der Waals surface area contributed by atoms with Crippen molar-refractivity contribution in [2.24, 2.45) is 0 Å². The molecule has 1 aliphatic rings. The molecule has 0 aromatic heterocycles. The third-order valence-electron chi connectivity index (χ3n) is 4.54. The lowest BCUT2D eigenvalue weighted by Gasteiger charge is -2.34. The van der Waals surface area contributed by atoms with Gasteiger partial charge >= 0.3 is 5.97 Å². The normalized spacial score (nSPS) is 17.9. The van der Waals surface area contributed by atoms with Crippen molar-refractivity contribution in [3.8, 4) is 0 Å². The zero-order valence-corrected chi connectivity index (χ0v) is 14.9. The van der Waals surface area contributed by atoms with Crippen molar-refractivity contribution in [1.29, 1.82) is 0 Å². The molecule has 0 aliphatic carbocycles. The molecule has 0 fully saturated rings. The van der Waals surface area contributed by atoms with Crippen LogP contribution in [0.25, 0.3) is 0 Å². The van der Waals surface area contributed by atoms with Crippen molar-refractivity contribution < 1.29 is 14.7 Å². The molecule has 2 unspecified atom stereocenters. The van der Waals surface area contributed by atoms with Gasteiger partial charge in [-0.1, -0.05) is 52.3 Å². The maximum absolute atomic E-state index is 12.9. The molecule has 4 nitrogen and oxygen atoms in total. The molecule has 3 rings (SSSR count). The molecule has 5 heteroatoms. The number of fused-ring (bicyclic) bond motifs is 1. The third kappa shape index (κ3) is 3.22. The zero-order chi connectivity index (χ0) is 17.3. The Morgan fingerprint density at radius 3 is 2.50 bits per heavy atom. The van der Waals surface area contributed by atoms with Gasteiger partial charge in [-0.15, -0.1) is 0 Å². The van der Waals surface area contributed by atoms with E-state index in [1.54, 1.807) is 4.90 Å². The van der Waals surface area contributed by atoms with Gasteiger partial charge < -0.3 is 10.0 Å². The molecular weight excluding hydrogens is 370 g/mol. The summed E-state index contributed by atoms with van der Waals surface area (Å²) in [6.07, 6.45) is 0.